The highest BCUT2D eigenvalue weighted by molar-refractivity contribution is 6.36. The third-order valence-electron chi connectivity index (χ3n) is 6.66. The first-order valence-corrected chi connectivity index (χ1v) is 12.2. The Morgan fingerprint density at radius 1 is 1.17 bits per heavy atom. The molecule has 0 bridgehead atoms. The standard InChI is InChI=1S/C25H25Cl2FN6O/c1-15(23-20(26)3-4-21(28)24(23)27)19-12-30-25-18(19)9-16(10-29-25)17-11-31-34(13-17)14-22(35)33-7-5-32(2)6-8-33/h3-4,9-13,15H,5-8,14H2,1-2H3,(H,29,30). The quantitative estimate of drug-likeness (QED) is 0.388. The zero-order valence-electron chi connectivity index (χ0n) is 19.4. The van der Waals surface area contributed by atoms with Gasteiger partial charge in [0.15, 0.2) is 0 Å². The second kappa shape index (κ2) is 9.60. The number of hydrogen-bond donors (Lipinski definition) is 1. The molecule has 182 valence electrons. The summed E-state index contributed by atoms with van der Waals surface area (Å²) in [6, 6.07) is 4.79. The van der Waals surface area contributed by atoms with Crippen molar-refractivity contribution in [3.63, 3.8) is 0 Å². The van der Waals surface area contributed by atoms with Crippen LogP contribution in [0.15, 0.2) is 43.0 Å². The van der Waals surface area contributed by atoms with Gasteiger partial charge in [-0.05, 0) is 36.4 Å². The number of benzene rings is 1. The smallest absolute Gasteiger partial charge is 0.244 e. The summed E-state index contributed by atoms with van der Waals surface area (Å²) in [5, 5.41) is 5.71. The van der Waals surface area contributed by atoms with Crippen molar-refractivity contribution in [3.8, 4) is 11.1 Å². The summed E-state index contributed by atoms with van der Waals surface area (Å²) in [6.07, 6.45) is 7.20. The minimum Gasteiger partial charge on any atom is -0.346 e. The summed E-state index contributed by atoms with van der Waals surface area (Å²) in [4.78, 5) is 24.5. The molecule has 4 heterocycles. The van der Waals surface area contributed by atoms with Crippen LogP contribution < -0.4 is 0 Å². The summed E-state index contributed by atoms with van der Waals surface area (Å²) in [7, 11) is 2.06. The van der Waals surface area contributed by atoms with Gasteiger partial charge in [-0.25, -0.2) is 9.37 Å². The first-order valence-electron chi connectivity index (χ1n) is 11.4. The molecule has 10 heteroatoms. The van der Waals surface area contributed by atoms with Crippen molar-refractivity contribution in [2.75, 3.05) is 33.2 Å². The Morgan fingerprint density at radius 3 is 2.71 bits per heavy atom. The number of nitrogens with one attached hydrogen (secondary N) is 1. The summed E-state index contributed by atoms with van der Waals surface area (Å²) in [5.74, 6) is -0.706. The van der Waals surface area contributed by atoms with E-state index in [9.17, 15) is 9.18 Å². The molecule has 4 aromatic rings. The number of amides is 1. The van der Waals surface area contributed by atoms with E-state index in [4.69, 9.17) is 23.2 Å². The van der Waals surface area contributed by atoms with Crippen molar-refractivity contribution in [2.45, 2.75) is 19.4 Å². The molecule has 5 rings (SSSR count). The van der Waals surface area contributed by atoms with Crippen LogP contribution in [0.25, 0.3) is 22.2 Å². The first kappa shape index (κ1) is 23.8. The lowest BCUT2D eigenvalue weighted by atomic mass is 9.92. The maximum absolute atomic E-state index is 14.1. The third-order valence-corrected chi connectivity index (χ3v) is 7.38. The largest absolute Gasteiger partial charge is 0.346 e. The lowest BCUT2D eigenvalue weighted by Crippen LogP contribution is -2.48. The van der Waals surface area contributed by atoms with Crippen LogP contribution >= 0.6 is 23.2 Å². The molecular formula is C25H25Cl2FN6O. The molecule has 1 aliphatic rings. The Kier molecular flexibility index (Phi) is 6.53. The molecule has 1 saturated heterocycles. The number of hydrogen-bond acceptors (Lipinski definition) is 4. The highest BCUT2D eigenvalue weighted by Gasteiger charge is 2.22. The van der Waals surface area contributed by atoms with Crippen LogP contribution in [0.1, 0.15) is 24.0 Å². The van der Waals surface area contributed by atoms with Crippen LogP contribution in [0.4, 0.5) is 4.39 Å². The van der Waals surface area contributed by atoms with Gasteiger partial charge in [0.1, 0.15) is 18.0 Å². The number of rotatable bonds is 5. The number of carbonyl (C=O) groups excluding carboxylic acids is 1. The van der Waals surface area contributed by atoms with Crippen LogP contribution in [0.2, 0.25) is 10.0 Å². The monoisotopic (exact) mass is 514 g/mol. The average Bonchev–Trinajstić information content (AvgIpc) is 3.48. The summed E-state index contributed by atoms with van der Waals surface area (Å²) in [6.45, 7) is 5.36. The second-order valence-electron chi connectivity index (χ2n) is 8.95. The number of H-pyrrole nitrogens is 1. The minimum absolute atomic E-state index is 0.0229. The number of piperazine rings is 1. The lowest BCUT2D eigenvalue weighted by molar-refractivity contribution is -0.133. The Labute approximate surface area is 212 Å². The van der Waals surface area contributed by atoms with Gasteiger partial charge in [-0.15, -0.1) is 0 Å². The Morgan fingerprint density at radius 2 is 1.94 bits per heavy atom. The fourth-order valence-electron chi connectivity index (χ4n) is 4.53. The molecule has 1 atom stereocenters. The summed E-state index contributed by atoms with van der Waals surface area (Å²) in [5.41, 5.74) is 3.86. The molecule has 1 N–H and O–H groups in total. The van der Waals surface area contributed by atoms with Crippen LogP contribution in [-0.2, 0) is 11.3 Å². The molecule has 1 aromatic carbocycles. The predicted molar refractivity (Wildman–Crippen MR) is 135 cm³/mol. The number of nitrogens with zero attached hydrogens (tertiary/aromatic N) is 5. The molecule has 3 aromatic heterocycles. The highest BCUT2D eigenvalue weighted by Crippen LogP contribution is 2.39. The SMILES string of the molecule is CC(c1c(Cl)ccc(F)c1Cl)c1c[nH]c2ncc(-c3cnn(CC(=O)N4CCN(C)CC4)c3)cc12. The maximum Gasteiger partial charge on any atom is 0.244 e. The van der Waals surface area contributed by atoms with E-state index in [0.29, 0.717) is 16.2 Å². The van der Waals surface area contributed by atoms with Gasteiger partial charge < -0.3 is 14.8 Å². The molecule has 7 nitrogen and oxygen atoms in total. The molecule has 1 aliphatic heterocycles. The van der Waals surface area contributed by atoms with E-state index in [1.165, 1.54) is 12.1 Å². The van der Waals surface area contributed by atoms with Gasteiger partial charge in [-0.3, -0.25) is 9.48 Å². The normalized spacial score (nSPS) is 15.6. The molecule has 0 spiro atoms. The Balaban J connectivity index is 1.40. The molecule has 1 unspecified atom stereocenters. The van der Waals surface area contributed by atoms with E-state index in [2.05, 4.69) is 27.0 Å². The average molecular weight is 515 g/mol. The zero-order valence-corrected chi connectivity index (χ0v) is 20.9. The van der Waals surface area contributed by atoms with Gasteiger partial charge in [-0.1, -0.05) is 30.1 Å². The lowest BCUT2D eigenvalue weighted by Gasteiger charge is -2.32. The predicted octanol–water partition coefficient (Wildman–Crippen LogP) is 4.80. The van der Waals surface area contributed by atoms with E-state index in [0.717, 1.165) is 48.3 Å². The number of pyridine rings is 1. The number of fused-ring (bicyclic) bond motifs is 1. The molecule has 0 radical (unpaired) electrons. The highest BCUT2D eigenvalue weighted by atomic mass is 35.5. The Hall–Kier alpha value is -2.94. The fraction of sp³-hybridized carbons (Fsp3) is 0.320. The second-order valence-corrected chi connectivity index (χ2v) is 9.74. The Bertz CT molecular complexity index is 1390. The van der Waals surface area contributed by atoms with Gasteiger partial charge in [-0.2, -0.15) is 5.10 Å². The third kappa shape index (κ3) is 4.66. The van der Waals surface area contributed by atoms with Crippen LogP contribution in [-0.4, -0.2) is 68.7 Å². The molecule has 35 heavy (non-hydrogen) atoms. The van der Waals surface area contributed by atoms with Crippen molar-refractivity contribution in [1.29, 1.82) is 0 Å². The van der Waals surface area contributed by atoms with E-state index >= 15 is 0 Å². The van der Waals surface area contributed by atoms with Crippen molar-refractivity contribution in [2.24, 2.45) is 0 Å². The molecule has 0 aliphatic carbocycles. The van der Waals surface area contributed by atoms with E-state index in [1.807, 2.05) is 30.3 Å². The van der Waals surface area contributed by atoms with E-state index < -0.39 is 5.82 Å². The van der Waals surface area contributed by atoms with Crippen molar-refractivity contribution >= 4 is 40.1 Å². The number of carbonyl (C=O) groups is 1. The molecule has 0 saturated carbocycles. The van der Waals surface area contributed by atoms with Gasteiger partial charge in [0.25, 0.3) is 0 Å². The zero-order chi connectivity index (χ0) is 24.7. The van der Waals surface area contributed by atoms with Gasteiger partial charge in [0, 0.05) is 72.2 Å². The number of aromatic nitrogens is 4. The van der Waals surface area contributed by atoms with Crippen molar-refractivity contribution in [1.82, 2.24) is 29.5 Å². The van der Waals surface area contributed by atoms with Gasteiger partial charge in [0.2, 0.25) is 5.91 Å². The van der Waals surface area contributed by atoms with Crippen LogP contribution in [0, 0.1) is 5.82 Å². The maximum atomic E-state index is 14.1. The van der Waals surface area contributed by atoms with Crippen molar-refractivity contribution in [3.05, 3.63) is 70.0 Å². The molecular weight excluding hydrogens is 490 g/mol. The number of aromatic amines is 1. The summed E-state index contributed by atoms with van der Waals surface area (Å²) < 4.78 is 15.8. The van der Waals surface area contributed by atoms with E-state index in [1.54, 1.807) is 17.1 Å². The molecule has 1 amide bonds. The van der Waals surface area contributed by atoms with Crippen LogP contribution in [0.3, 0.4) is 0 Å². The topological polar surface area (TPSA) is 70.0 Å². The first-order chi connectivity index (χ1) is 16.8. The van der Waals surface area contributed by atoms with Crippen LogP contribution in [0.5, 0.6) is 0 Å². The summed E-state index contributed by atoms with van der Waals surface area (Å²) >= 11 is 12.6. The number of halogens is 3. The van der Waals surface area contributed by atoms with E-state index in [-0.39, 0.29) is 23.4 Å². The number of likely N-dealkylation sites (N-methyl/N-ethyl adjacent to an activating group) is 1. The van der Waals surface area contributed by atoms with Crippen molar-refractivity contribution < 1.29 is 9.18 Å². The van der Waals surface area contributed by atoms with Gasteiger partial charge >= 0.3 is 0 Å². The fourth-order valence-corrected chi connectivity index (χ4v) is 5.23. The molecule has 1 fully saturated rings. The van der Waals surface area contributed by atoms with Gasteiger partial charge in [0.05, 0.1) is 11.2 Å². The minimum atomic E-state index is -0.505.